The first-order valence-corrected chi connectivity index (χ1v) is 11.2. The molecule has 0 amide bonds. The summed E-state index contributed by atoms with van der Waals surface area (Å²) in [6.45, 7) is 2.18. The fourth-order valence-corrected chi connectivity index (χ4v) is 4.68. The van der Waals surface area contributed by atoms with Crippen molar-refractivity contribution in [3.63, 3.8) is 0 Å². The first-order chi connectivity index (χ1) is 14.7. The number of nitrogens with zero attached hydrogens (tertiary/aromatic N) is 3. The lowest BCUT2D eigenvalue weighted by Gasteiger charge is -2.16. The van der Waals surface area contributed by atoms with Crippen LogP contribution in [0.2, 0.25) is 5.02 Å². The largest absolute Gasteiger partial charge is 0.324 e. The molecule has 1 atom stereocenters. The highest BCUT2D eigenvalue weighted by atomic mass is 35.5. The standard InChI is InChI=1S/C25H25ClN4/c1-2-21-16-10-6-7-11-17(16)23(27-21)29-25-19-13-4-3-5-15-22(19)28-24(30-25)18-12-8-9-14-20(18)26/h6-12,14,21H,2-5,13,15H2,1H3,(H,27,28,29,30). The monoisotopic (exact) mass is 416 g/mol. The third-order valence-electron chi connectivity index (χ3n) is 6.03. The van der Waals surface area contributed by atoms with E-state index in [1.165, 1.54) is 23.1 Å². The summed E-state index contributed by atoms with van der Waals surface area (Å²) >= 11 is 6.48. The third kappa shape index (κ3) is 3.50. The first-order valence-electron chi connectivity index (χ1n) is 10.8. The number of benzene rings is 2. The molecule has 1 unspecified atom stereocenters. The Balaban J connectivity index is 1.61. The average molecular weight is 417 g/mol. The van der Waals surface area contributed by atoms with Crippen molar-refractivity contribution in [3.8, 4) is 11.4 Å². The van der Waals surface area contributed by atoms with Gasteiger partial charge in [0.15, 0.2) is 5.82 Å². The number of hydrogen-bond donors (Lipinski definition) is 1. The molecule has 0 saturated heterocycles. The molecular weight excluding hydrogens is 392 g/mol. The Bertz CT molecular complexity index is 1120. The van der Waals surface area contributed by atoms with Gasteiger partial charge in [0, 0.05) is 22.4 Å². The Hall–Kier alpha value is -2.72. The highest BCUT2D eigenvalue weighted by molar-refractivity contribution is 6.33. The number of anilines is 1. The van der Waals surface area contributed by atoms with E-state index < -0.39 is 0 Å². The molecule has 0 bridgehead atoms. The van der Waals surface area contributed by atoms with Crippen LogP contribution in [0.25, 0.3) is 11.4 Å². The van der Waals surface area contributed by atoms with E-state index in [0.29, 0.717) is 10.8 Å². The van der Waals surface area contributed by atoms with E-state index in [4.69, 9.17) is 26.6 Å². The van der Waals surface area contributed by atoms with E-state index in [-0.39, 0.29) is 6.04 Å². The number of nitrogens with one attached hydrogen (secondary N) is 1. The van der Waals surface area contributed by atoms with Gasteiger partial charge in [-0.2, -0.15) is 0 Å². The van der Waals surface area contributed by atoms with E-state index in [9.17, 15) is 0 Å². The molecule has 5 heteroatoms. The molecule has 1 aliphatic carbocycles. The van der Waals surface area contributed by atoms with E-state index in [0.717, 1.165) is 55.0 Å². The normalized spacial score (nSPS) is 17.7. The summed E-state index contributed by atoms with van der Waals surface area (Å²) in [6.07, 6.45) is 6.50. The molecule has 2 aliphatic rings. The van der Waals surface area contributed by atoms with Crippen molar-refractivity contribution in [1.29, 1.82) is 0 Å². The molecule has 2 aromatic carbocycles. The molecule has 4 nitrogen and oxygen atoms in total. The Morgan fingerprint density at radius 2 is 1.70 bits per heavy atom. The quantitative estimate of drug-likeness (QED) is 0.503. The number of rotatable bonds is 3. The fourth-order valence-electron chi connectivity index (χ4n) is 4.46. The molecule has 0 saturated carbocycles. The van der Waals surface area contributed by atoms with Gasteiger partial charge in [-0.25, -0.2) is 9.97 Å². The number of amidine groups is 1. The average Bonchev–Trinajstić information content (AvgIpc) is 2.94. The zero-order valence-electron chi connectivity index (χ0n) is 17.2. The van der Waals surface area contributed by atoms with Gasteiger partial charge in [0.05, 0.1) is 11.1 Å². The molecule has 1 N–H and O–H groups in total. The predicted molar refractivity (Wildman–Crippen MR) is 123 cm³/mol. The Morgan fingerprint density at radius 3 is 2.53 bits per heavy atom. The van der Waals surface area contributed by atoms with Crippen LogP contribution in [0.5, 0.6) is 0 Å². The molecule has 3 aromatic rings. The van der Waals surface area contributed by atoms with Gasteiger partial charge in [-0.15, -0.1) is 0 Å². The number of aromatic nitrogens is 2. The highest BCUT2D eigenvalue weighted by Crippen LogP contribution is 2.34. The maximum atomic E-state index is 6.48. The molecular formula is C25H25ClN4. The lowest BCUT2D eigenvalue weighted by molar-refractivity contribution is 0.709. The lowest BCUT2D eigenvalue weighted by atomic mass is 10.0. The third-order valence-corrected chi connectivity index (χ3v) is 6.36. The predicted octanol–water partition coefficient (Wildman–Crippen LogP) is 6.39. The molecule has 0 radical (unpaired) electrons. The van der Waals surface area contributed by atoms with Gasteiger partial charge in [0.1, 0.15) is 11.7 Å². The topological polar surface area (TPSA) is 50.2 Å². The summed E-state index contributed by atoms with van der Waals surface area (Å²) in [4.78, 5) is 14.9. The van der Waals surface area contributed by atoms with Gasteiger partial charge in [-0.05, 0) is 49.8 Å². The van der Waals surface area contributed by atoms with E-state index >= 15 is 0 Å². The van der Waals surface area contributed by atoms with Gasteiger partial charge in [0.2, 0.25) is 0 Å². The Morgan fingerprint density at radius 1 is 0.933 bits per heavy atom. The maximum Gasteiger partial charge on any atom is 0.163 e. The molecule has 1 aromatic heterocycles. The zero-order valence-corrected chi connectivity index (χ0v) is 17.9. The summed E-state index contributed by atoms with van der Waals surface area (Å²) in [6, 6.07) is 16.5. The number of halogens is 1. The molecule has 30 heavy (non-hydrogen) atoms. The van der Waals surface area contributed by atoms with E-state index in [1.54, 1.807) is 0 Å². The van der Waals surface area contributed by atoms with Crippen LogP contribution >= 0.6 is 11.6 Å². The fraction of sp³-hybridized carbons (Fsp3) is 0.320. The minimum absolute atomic E-state index is 0.201. The van der Waals surface area contributed by atoms with Crippen molar-refractivity contribution >= 4 is 23.3 Å². The van der Waals surface area contributed by atoms with Crippen LogP contribution in [0.3, 0.4) is 0 Å². The van der Waals surface area contributed by atoms with Crippen LogP contribution in [0.4, 0.5) is 5.82 Å². The SMILES string of the molecule is CCC1N=C(Nc2nc(-c3ccccc3Cl)nc3c2CCCCC3)c2ccccc21. The maximum absolute atomic E-state index is 6.48. The molecule has 1 aliphatic heterocycles. The molecule has 0 fully saturated rings. The second-order valence-corrected chi connectivity index (χ2v) is 8.38. The Kier molecular flexibility index (Phi) is 5.26. The van der Waals surface area contributed by atoms with Crippen molar-refractivity contribution in [1.82, 2.24) is 9.97 Å². The minimum atomic E-state index is 0.201. The number of hydrogen-bond acceptors (Lipinski definition) is 4. The van der Waals surface area contributed by atoms with Gasteiger partial charge in [-0.3, -0.25) is 4.99 Å². The second-order valence-electron chi connectivity index (χ2n) is 7.98. The number of aryl methyl sites for hydroxylation is 1. The van der Waals surface area contributed by atoms with Crippen molar-refractivity contribution in [2.45, 2.75) is 51.5 Å². The summed E-state index contributed by atoms with van der Waals surface area (Å²) in [5.41, 5.74) is 5.69. The molecule has 2 heterocycles. The Labute approximate surface area is 182 Å². The zero-order chi connectivity index (χ0) is 20.5. The van der Waals surface area contributed by atoms with Gasteiger partial charge >= 0.3 is 0 Å². The van der Waals surface area contributed by atoms with E-state index in [2.05, 4.69) is 36.5 Å². The van der Waals surface area contributed by atoms with Crippen LogP contribution in [-0.4, -0.2) is 15.8 Å². The van der Waals surface area contributed by atoms with Crippen molar-refractivity contribution < 1.29 is 0 Å². The van der Waals surface area contributed by atoms with Crippen molar-refractivity contribution in [2.24, 2.45) is 4.99 Å². The second kappa shape index (κ2) is 8.19. The van der Waals surface area contributed by atoms with Gasteiger partial charge in [0.25, 0.3) is 0 Å². The van der Waals surface area contributed by atoms with Crippen LogP contribution in [0.15, 0.2) is 53.5 Å². The smallest absolute Gasteiger partial charge is 0.163 e. The first kappa shape index (κ1) is 19.3. The minimum Gasteiger partial charge on any atom is -0.324 e. The van der Waals surface area contributed by atoms with Gasteiger partial charge in [-0.1, -0.05) is 61.3 Å². The van der Waals surface area contributed by atoms with Crippen LogP contribution in [0, 0.1) is 0 Å². The summed E-state index contributed by atoms with van der Waals surface area (Å²) in [5, 5.41) is 4.28. The number of fused-ring (bicyclic) bond motifs is 2. The summed E-state index contributed by atoms with van der Waals surface area (Å²) < 4.78 is 0. The van der Waals surface area contributed by atoms with Crippen molar-refractivity contribution in [2.75, 3.05) is 5.32 Å². The van der Waals surface area contributed by atoms with Gasteiger partial charge < -0.3 is 5.32 Å². The molecule has 0 spiro atoms. The number of aliphatic imine (C=N–C) groups is 1. The summed E-state index contributed by atoms with van der Waals surface area (Å²) in [7, 11) is 0. The van der Waals surface area contributed by atoms with Crippen LogP contribution in [0.1, 0.15) is 61.0 Å². The van der Waals surface area contributed by atoms with Crippen molar-refractivity contribution in [3.05, 3.63) is 75.9 Å². The van der Waals surface area contributed by atoms with Crippen LogP contribution < -0.4 is 5.32 Å². The highest BCUT2D eigenvalue weighted by Gasteiger charge is 2.26. The molecule has 152 valence electrons. The lowest BCUT2D eigenvalue weighted by Crippen LogP contribution is -2.16. The van der Waals surface area contributed by atoms with Crippen LogP contribution in [-0.2, 0) is 12.8 Å². The summed E-state index contributed by atoms with van der Waals surface area (Å²) in [5.74, 6) is 2.47. The molecule has 5 rings (SSSR count). The van der Waals surface area contributed by atoms with E-state index in [1.807, 2.05) is 24.3 Å².